The number of carbonyl (C=O) groups is 1. The quantitative estimate of drug-likeness (QED) is 0.789. The van der Waals surface area contributed by atoms with Crippen LogP contribution in [0.2, 0.25) is 0 Å². The Morgan fingerprint density at radius 1 is 1.17 bits per heavy atom. The van der Waals surface area contributed by atoms with Gasteiger partial charge in [0.05, 0.1) is 10.5 Å². The number of nitrogens with one attached hydrogen (secondary N) is 1. The van der Waals surface area contributed by atoms with Crippen LogP contribution in [0.5, 0.6) is 0 Å². The highest BCUT2D eigenvalue weighted by Crippen LogP contribution is 2.10. The number of hydrogen-bond acceptors (Lipinski definition) is 4. The Bertz CT molecular complexity index is 960. The third-order valence-corrected chi connectivity index (χ3v) is 4.58. The van der Waals surface area contributed by atoms with Crippen LogP contribution in [0.1, 0.15) is 15.9 Å². The predicted molar refractivity (Wildman–Crippen MR) is 85.9 cm³/mol. The van der Waals surface area contributed by atoms with Crippen molar-refractivity contribution < 1.29 is 13.2 Å². The molecule has 1 aromatic carbocycles. The van der Waals surface area contributed by atoms with Crippen LogP contribution in [-0.4, -0.2) is 30.0 Å². The Labute approximate surface area is 133 Å². The van der Waals surface area contributed by atoms with E-state index in [0.717, 1.165) is 17.5 Å². The second-order valence-electron chi connectivity index (χ2n) is 5.21. The molecule has 2 heterocycles. The van der Waals surface area contributed by atoms with Crippen molar-refractivity contribution >= 4 is 21.4 Å². The van der Waals surface area contributed by atoms with Crippen molar-refractivity contribution in [3.63, 3.8) is 0 Å². The minimum Gasteiger partial charge on any atom is -0.348 e. The zero-order valence-electron chi connectivity index (χ0n) is 12.4. The predicted octanol–water partition coefficient (Wildman–Crippen LogP) is 1.67. The lowest BCUT2D eigenvalue weighted by Gasteiger charge is -2.07. The van der Waals surface area contributed by atoms with Crippen LogP contribution in [-0.2, 0) is 16.4 Å². The summed E-state index contributed by atoms with van der Waals surface area (Å²) in [6.07, 6.45) is 6.32. The van der Waals surface area contributed by atoms with Crippen molar-refractivity contribution in [3.8, 4) is 0 Å². The summed E-state index contributed by atoms with van der Waals surface area (Å²) in [5.74, 6) is -0.201. The van der Waals surface area contributed by atoms with Gasteiger partial charge in [-0.15, -0.1) is 0 Å². The highest BCUT2D eigenvalue weighted by atomic mass is 32.2. The average Bonchev–Trinajstić information content (AvgIpc) is 2.99. The molecule has 0 atom stereocenters. The fraction of sp³-hybridized carbons (Fsp3) is 0.125. The number of fused-ring (bicyclic) bond motifs is 1. The number of hydrogen-bond donors (Lipinski definition) is 1. The summed E-state index contributed by atoms with van der Waals surface area (Å²) in [6, 6.07) is 9.94. The first-order chi connectivity index (χ1) is 10.9. The van der Waals surface area contributed by atoms with Gasteiger partial charge >= 0.3 is 0 Å². The molecule has 0 saturated carbocycles. The van der Waals surface area contributed by atoms with E-state index in [9.17, 15) is 13.2 Å². The van der Waals surface area contributed by atoms with E-state index in [4.69, 9.17) is 0 Å². The van der Waals surface area contributed by atoms with Gasteiger partial charge in [0.15, 0.2) is 9.84 Å². The summed E-state index contributed by atoms with van der Waals surface area (Å²) in [5.41, 5.74) is 2.13. The molecule has 7 heteroatoms. The maximum atomic E-state index is 12.2. The van der Waals surface area contributed by atoms with E-state index in [0.29, 0.717) is 12.1 Å². The Morgan fingerprint density at radius 3 is 2.61 bits per heavy atom. The van der Waals surface area contributed by atoms with E-state index in [1.807, 2.05) is 0 Å². The summed E-state index contributed by atoms with van der Waals surface area (Å²) >= 11 is 0. The molecule has 0 radical (unpaired) electrons. The Balaban J connectivity index is 1.68. The molecule has 0 aliphatic rings. The van der Waals surface area contributed by atoms with Gasteiger partial charge in [-0.05, 0) is 29.8 Å². The van der Waals surface area contributed by atoms with Crippen LogP contribution in [0, 0.1) is 0 Å². The lowest BCUT2D eigenvalue weighted by molar-refractivity contribution is 0.0950. The van der Waals surface area contributed by atoms with E-state index < -0.39 is 9.84 Å². The smallest absolute Gasteiger partial charge is 0.253 e. The van der Waals surface area contributed by atoms with E-state index in [-0.39, 0.29) is 10.8 Å². The summed E-state index contributed by atoms with van der Waals surface area (Å²) in [5, 5.41) is 2.81. The first kappa shape index (κ1) is 15.2. The molecule has 0 fully saturated rings. The second-order valence-corrected chi connectivity index (χ2v) is 7.23. The second kappa shape index (κ2) is 5.85. The Kier molecular flexibility index (Phi) is 3.87. The number of sulfone groups is 1. The average molecular weight is 329 g/mol. The SMILES string of the molecule is CS(=O)(=O)c1ccc(CNC(=O)c2ccc3nccn3c2)cc1. The zero-order valence-corrected chi connectivity index (χ0v) is 13.2. The molecule has 1 N–H and O–H groups in total. The van der Waals surface area contributed by atoms with Crippen molar-refractivity contribution in [1.82, 2.24) is 14.7 Å². The topological polar surface area (TPSA) is 80.5 Å². The van der Waals surface area contributed by atoms with Gasteiger partial charge in [-0.1, -0.05) is 12.1 Å². The molecule has 0 saturated heterocycles. The van der Waals surface area contributed by atoms with Crippen LogP contribution >= 0.6 is 0 Å². The summed E-state index contributed by atoms with van der Waals surface area (Å²) in [7, 11) is -3.21. The number of imidazole rings is 1. The number of aromatic nitrogens is 2. The molecule has 2 aromatic heterocycles. The van der Waals surface area contributed by atoms with E-state index in [1.165, 1.54) is 12.1 Å². The first-order valence-corrected chi connectivity index (χ1v) is 8.82. The molecule has 0 aliphatic carbocycles. The molecular formula is C16H15N3O3S. The zero-order chi connectivity index (χ0) is 16.4. The van der Waals surface area contributed by atoms with Gasteiger partial charge in [0.1, 0.15) is 5.65 Å². The molecule has 0 spiro atoms. The van der Waals surface area contributed by atoms with Gasteiger partial charge in [-0.3, -0.25) is 4.79 Å². The van der Waals surface area contributed by atoms with Crippen molar-refractivity contribution in [3.05, 3.63) is 66.1 Å². The minimum absolute atomic E-state index is 0.201. The lowest BCUT2D eigenvalue weighted by Crippen LogP contribution is -2.23. The highest BCUT2D eigenvalue weighted by molar-refractivity contribution is 7.90. The molecule has 23 heavy (non-hydrogen) atoms. The fourth-order valence-corrected chi connectivity index (χ4v) is 2.82. The maximum Gasteiger partial charge on any atom is 0.253 e. The third kappa shape index (κ3) is 3.40. The lowest BCUT2D eigenvalue weighted by atomic mass is 10.2. The van der Waals surface area contributed by atoms with Crippen LogP contribution in [0.15, 0.2) is 59.9 Å². The number of nitrogens with zero attached hydrogens (tertiary/aromatic N) is 2. The standard InChI is InChI=1S/C16H15N3O3S/c1-23(21,22)14-5-2-12(3-6-14)10-18-16(20)13-4-7-15-17-8-9-19(15)11-13/h2-9,11H,10H2,1H3,(H,18,20). The monoisotopic (exact) mass is 329 g/mol. The summed E-state index contributed by atoms with van der Waals surface area (Å²) < 4.78 is 24.6. The molecule has 3 aromatic rings. The third-order valence-electron chi connectivity index (χ3n) is 3.46. The van der Waals surface area contributed by atoms with Crippen molar-refractivity contribution in [2.45, 2.75) is 11.4 Å². The summed E-state index contributed by atoms with van der Waals surface area (Å²) in [6.45, 7) is 0.324. The van der Waals surface area contributed by atoms with Crippen LogP contribution in [0.25, 0.3) is 5.65 Å². The molecule has 3 rings (SSSR count). The van der Waals surface area contributed by atoms with Crippen molar-refractivity contribution in [2.24, 2.45) is 0 Å². The van der Waals surface area contributed by atoms with Crippen LogP contribution in [0.3, 0.4) is 0 Å². The normalized spacial score (nSPS) is 11.5. The van der Waals surface area contributed by atoms with E-state index >= 15 is 0 Å². The molecular weight excluding hydrogens is 314 g/mol. The number of pyridine rings is 1. The van der Waals surface area contributed by atoms with Gasteiger partial charge in [-0.2, -0.15) is 0 Å². The van der Waals surface area contributed by atoms with Gasteiger partial charge in [0.25, 0.3) is 5.91 Å². The Hall–Kier alpha value is -2.67. The molecule has 0 unspecified atom stereocenters. The van der Waals surface area contributed by atoms with Gasteiger partial charge < -0.3 is 9.72 Å². The molecule has 6 nitrogen and oxygen atoms in total. The minimum atomic E-state index is -3.21. The molecule has 0 aliphatic heterocycles. The van der Waals surface area contributed by atoms with Crippen LogP contribution in [0.4, 0.5) is 0 Å². The van der Waals surface area contributed by atoms with E-state index in [2.05, 4.69) is 10.3 Å². The first-order valence-electron chi connectivity index (χ1n) is 6.93. The Morgan fingerprint density at radius 2 is 1.91 bits per heavy atom. The number of amides is 1. The summed E-state index contributed by atoms with van der Waals surface area (Å²) in [4.78, 5) is 16.6. The maximum absolute atomic E-state index is 12.2. The van der Waals surface area contributed by atoms with Crippen LogP contribution < -0.4 is 5.32 Å². The molecule has 0 bridgehead atoms. The molecule has 1 amide bonds. The number of carbonyl (C=O) groups excluding carboxylic acids is 1. The van der Waals surface area contributed by atoms with Gasteiger partial charge in [0, 0.05) is 31.4 Å². The number of rotatable bonds is 4. The van der Waals surface area contributed by atoms with Crippen molar-refractivity contribution in [2.75, 3.05) is 6.26 Å². The largest absolute Gasteiger partial charge is 0.348 e. The fourth-order valence-electron chi connectivity index (χ4n) is 2.19. The van der Waals surface area contributed by atoms with Gasteiger partial charge in [-0.25, -0.2) is 13.4 Å². The highest BCUT2D eigenvalue weighted by Gasteiger charge is 2.08. The number of benzene rings is 1. The molecule has 118 valence electrons. The van der Waals surface area contributed by atoms with E-state index in [1.54, 1.807) is 47.3 Å². The van der Waals surface area contributed by atoms with Gasteiger partial charge in [0.2, 0.25) is 0 Å². The van der Waals surface area contributed by atoms with Crippen molar-refractivity contribution in [1.29, 1.82) is 0 Å².